The molecule has 0 aromatic carbocycles. The highest BCUT2D eigenvalue weighted by Crippen LogP contribution is 2.29. The van der Waals surface area contributed by atoms with E-state index in [0.717, 1.165) is 0 Å². The highest BCUT2D eigenvalue weighted by atomic mass is 16.5. The number of ether oxygens (including phenoxy) is 1. The van der Waals surface area contributed by atoms with Gasteiger partial charge in [-0.2, -0.15) is 0 Å². The Balaban J connectivity index is 2.32. The van der Waals surface area contributed by atoms with E-state index in [1.54, 1.807) is 0 Å². The summed E-state index contributed by atoms with van der Waals surface area (Å²) < 4.78 is 6.68. The SMILES string of the molecule is O=c1ccn([C@H]2C[C@@H](CO)O[C@@H]2CO)c(=O)[nH]1. The minimum atomic E-state index is -0.546. The van der Waals surface area contributed by atoms with Gasteiger partial charge in [-0.1, -0.05) is 0 Å². The van der Waals surface area contributed by atoms with Crippen LogP contribution < -0.4 is 11.2 Å². The fraction of sp³-hybridized carbons (Fsp3) is 0.600. The Hall–Kier alpha value is -1.44. The van der Waals surface area contributed by atoms with E-state index in [-0.39, 0.29) is 19.3 Å². The third-order valence-corrected chi connectivity index (χ3v) is 2.89. The van der Waals surface area contributed by atoms with E-state index in [9.17, 15) is 9.59 Å². The van der Waals surface area contributed by atoms with Crippen LogP contribution in [0, 0.1) is 0 Å². The second-order valence-electron chi connectivity index (χ2n) is 3.98. The zero-order valence-corrected chi connectivity index (χ0v) is 9.07. The van der Waals surface area contributed by atoms with E-state index in [1.165, 1.54) is 16.8 Å². The Morgan fingerprint density at radius 1 is 1.41 bits per heavy atom. The number of rotatable bonds is 3. The molecule has 3 N–H and O–H groups in total. The summed E-state index contributed by atoms with van der Waals surface area (Å²) in [6.07, 6.45) is 0.859. The van der Waals surface area contributed by atoms with Crippen molar-refractivity contribution in [2.45, 2.75) is 24.7 Å². The Morgan fingerprint density at radius 3 is 2.76 bits per heavy atom. The second-order valence-corrected chi connectivity index (χ2v) is 3.98. The van der Waals surface area contributed by atoms with Gasteiger partial charge in [0.2, 0.25) is 0 Å². The summed E-state index contributed by atoms with van der Waals surface area (Å²) in [6.45, 7) is -0.405. The summed E-state index contributed by atoms with van der Waals surface area (Å²) in [5, 5.41) is 18.2. The van der Waals surface area contributed by atoms with Crippen molar-refractivity contribution in [2.24, 2.45) is 0 Å². The average molecular weight is 242 g/mol. The summed E-state index contributed by atoms with van der Waals surface area (Å²) in [5.74, 6) is 0. The molecular weight excluding hydrogens is 228 g/mol. The molecular formula is C10H14N2O5. The molecule has 1 saturated heterocycles. The molecule has 0 unspecified atom stereocenters. The predicted octanol–water partition coefficient (Wildman–Crippen LogP) is -1.78. The highest BCUT2D eigenvalue weighted by molar-refractivity contribution is 4.92. The van der Waals surface area contributed by atoms with E-state index in [4.69, 9.17) is 14.9 Å². The van der Waals surface area contributed by atoms with Gasteiger partial charge in [0.25, 0.3) is 5.56 Å². The molecule has 17 heavy (non-hydrogen) atoms. The van der Waals surface area contributed by atoms with Gasteiger partial charge < -0.3 is 14.9 Å². The number of hydrogen-bond acceptors (Lipinski definition) is 5. The average Bonchev–Trinajstić information content (AvgIpc) is 2.72. The molecule has 0 bridgehead atoms. The first-order chi connectivity index (χ1) is 8.15. The molecule has 0 radical (unpaired) electrons. The molecule has 0 saturated carbocycles. The zero-order chi connectivity index (χ0) is 12.4. The first kappa shape index (κ1) is 12.0. The lowest BCUT2D eigenvalue weighted by molar-refractivity contribution is -0.0195. The van der Waals surface area contributed by atoms with Crippen molar-refractivity contribution in [2.75, 3.05) is 13.2 Å². The first-order valence-electron chi connectivity index (χ1n) is 5.34. The monoisotopic (exact) mass is 242 g/mol. The lowest BCUT2D eigenvalue weighted by Crippen LogP contribution is -2.35. The van der Waals surface area contributed by atoms with Crippen LogP contribution in [0.1, 0.15) is 12.5 Å². The van der Waals surface area contributed by atoms with Crippen molar-refractivity contribution in [3.05, 3.63) is 33.1 Å². The lowest BCUT2D eigenvalue weighted by Gasteiger charge is -2.17. The van der Waals surface area contributed by atoms with Gasteiger partial charge in [-0.05, 0) is 6.42 Å². The van der Waals surface area contributed by atoms with Crippen LogP contribution in [0.4, 0.5) is 0 Å². The van der Waals surface area contributed by atoms with Gasteiger partial charge in [0, 0.05) is 12.3 Å². The molecule has 7 heteroatoms. The van der Waals surface area contributed by atoms with E-state index in [1.807, 2.05) is 0 Å². The summed E-state index contributed by atoms with van der Waals surface area (Å²) in [4.78, 5) is 24.7. The van der Waals surface area contributed by atoms with Gasteiger partial charge >= 0.3 is 5.69 Å². The van der Waals surface area contributed by atoms with E-state index in [0.29, 0.717) is 6.42 Å². The number of nitrogens with one attached hydrogen (secondary N) is 1. The van der Waals surface area contributed by atoms with Crippen molar-refractivity contribution in [3.8, 4) is 0 Å². The maximum absolute atomic E-state index is 11.6. The maximum Gasteiger partial charge on any atom is 0.328 e. The molecule has 1 fully saturated rings. The third-order valence-electron chi connectivity index (χ3n) is 2.89. The van der Waals surface area contributed by atoms with Crippen LogP contribution in [0.2, 0.25) is 0 Å². The smallest absolute Gasteiger partial charge is 0.328 e. The van der Waals surface area contributed by atoms with Crippen LogP contribution in [-0.4, -0.2) is 45.2 Å². The number of aliphatic hydroxyl groups is 2. The van der Waals surface area contributed by atoms with Gasteiger partial charge in [-0.15, -0.1) is 0 Å². The fourth-order valence-electron chi connectivity index (χ4n) is 2.08. The molecule has 2 heterocycles. The van der Waals surface area contributed by atoms with Gasteiger partial charge in [-0.3, -0.25) is 14.3 Å². The molecule has 94 valence electrons. The van der Waals surface area contributed by atoms with Crippen molar-refractivity contribution >= 4 is 0 Å². The fourth-order valence-corrected chi connectivity index (χ4v) is 2.08. The molecule has 7 nitrogen and oxygen atoms in total. The molecule has 2 rings (SSSR count). The quantitative estimate of drug-likeness (QED) is 0.581. The maximum atomic E-state index is 11.6. The Labute approximate surface area is 96.3 Å². The molecule has 1 aliphatic rings. The minimum absolute atomic E-state index is 0.162. The van der Waals surface area contributed by atoms with Crippen LogP contribution in [0.15, 0.2) is 21.9 Å². The van der Waals surface area contributed by atoms with Crippen molar-refractivity contribution in [1.29, 1.82) is 0 Å². The van der Waals surface area contributed by atoms with Gasteiger partial charge in [0.15, 0.2) is 0 Å². The standard InChI is InChI=1S/C10H14N2O5/c13-4-6-3-7(8(5-14)17-6)12-2-1-9(15)11-10(12)16/h1-2,6-8,13-14H,3-5H2,(H,11,15,16)/t6-,7-,8+/m0/s1. The second kappa shape index (κ2) is 4.82. The van der Waals surface area contributed by atoms with Gasteiger partial charge in [-0.25, -0.2) is 4.79 Å². The summed E-state index contributed by atoms with van der Waals surface area (Å²) >= 11 is 0. The first-order valence-corrected chi connectivity index (χ1v) is 5.34. The number of hydrogen-bond donors (Lipinski definition) is 3. The highest BCUT2D eigenvalue weighted by Gasteiger charge is 2.36. The zero-order valence-electron chi connectivity index (χ0n) is 9.07. The molecule has 1 aromatic rings. The molecule has 1 aliphatic heterocycles. The summed E-state index contributed by atoms with van der Waals surface area (Å²) in [6, 6.07) is 0.865. The Morgan fingerprint density at radius 2 is 2.18 bits per heavy atom. The topological polar surface area (TPSA) is 105 Å². The van der Waals surface area contributed by atoms with E-state index < -0.39 is 23.5 Å². The van der Waals surface area contributed by atoms with Crippen LogP contribution in [-0.2, 0) is 4.74 Å². The van der Waals surface area contributed by atoms with Gasteiger partial charge in [0.1, 0.15) is 6.10 Å². The van der Waals surface area contributed by atoms with Crippen LogP contribution in [0.3, 0.4) is 0 Å². The normalized spacial score (nSPS) is 28.5. The Kier molecular flexibility index (Phi) is 3.41. The number of H-pyrrole nitrogens is 1. The minimum Gasteiger partial charge on any atom is -0.394 e. The number of nitrogens with zero attached hydrogens (tertiary/aromatic N) is 1. The number of aromatic amines is 1. The number of aliphatic hydroxyl groups excluding tert-OH is 2. The largest absolute Gasteiger partial charge is 0.394 e. The van der Waals surface area contributed by atoms with Gasteiger partial charge in [0.05, 0.1) is 25.4 Å². The van der Waals surface area contributed by atoms with Crippen LogP contribution in [0.25, 0.3) is 0 Å². The lowest BCUT2D eigenvalue weighted by atomic mass is 10.1. The predicted molar refractivity (Wildman–Crippen MR) is 57.8 cm³/mol. The molecule has 0 spiro atoms. The van der Waals surface area contributed by atoms with E-state index in [2.05, 4.69) is 4.98 Å². The molecule has 0 aliphatic carbocycles. The summed E-state index contributed by atoms with van der Waals surface area (Å²) in [7, 11) is 0. The van der Waals surface area contributed by atoms with Crippen LogP contribution in [0.5, 0.6) is 0 Å². The number of aromatic nitrogens is 2. The van der Waals surface area contributed by atoms with Crippen molar-refractivity contribution in [3.63, 3.8) is 0 Å². The summed E-state index contributed by atoms with van der Waals surface area (Å²) in [5.41, 5.74) is -1.01. The van der Waals surface area contributed by atoms with Crippen LogP contribution >= 0.6 is 0 Å². The van der Waals surface area contributed by atoms with E-state index >= 15 is 0 Å². The Bertz CT molecular complexity index is 494. The van der Waals surface area contributed by atoms with Crippen molar-refractivity contribution in [1.82, 2.24) is 9.55 Å². The van der Waals surface area contributed by atoms with Crippen molar-refractivity contribution < 1.29 is 14.9 Å². The molecule has 0 amide bonds. The molecule has 3 atom stereocenters. The third kappa shape index (κ3) is 2.31. The molecule has 1 aromatic heterocycles.